The van der Waals surface area contributed by atoms with Crippen LogP contribution in [0, 0.1) is 0 Å². The van der Waals surface area contributed by atoms with Gasteiger partial charge in [-0.25, -0.2) is 0 Å². The van der Waals surface area contributed by atoms with Gasteiger partial charge in [0.2, 0.25) is 0 Å². The number of hydrogen-bond acceptors (Lipinski definition) is 2. The van der Waals surface area contributed by atoms with E-state index in [0.717, 1.165) is 25.1 Å². The number of halogens is 1. The van der Waals surface area contributed by atoms with Crippen LogP contribution >= 0.6 is 11.6 Å². The second kappa shape index (κ2) is 4.27. The second-order valence-electron chi connectivity index (χ2n) is 3.76. The fraction of sp³-hybridized carbons (Fsp3) is 0.545. The van der Waals surface area contributed by atoms with Crippen molar-refractivity contribution in [1.82, 2.24) is 4.90 Å². The summed E-state index contributed by atoms with van der Waals surface area (Å²) in [6, 6.07) is 3.59. The number of likely N-dealkylation sites (tertiary alicyclic amines) is 1. The van der Waals surface area contributed by atoms with E-state index in [0.29, 0.717) is 12.3 Å². The molecule has 3 nitrogen and oxygen atoms in total. The number of carbonyl (C=O) groups is 1. The zero-order chi connectivity index (χ0) is 10.8. The Labute approximate surface area is 94.0 Å². The zero-order valence-electron chi connectivity index (χ0n) is 8.70. The van der Waals surface area contributed by atoms with Crippen molar-refractivity contribution in [3.05, 3.63) is 23.7 Å². The van der Waals surface area contributed by atoms with Crippen molar-refractivity contribution in [1.29, 1.82) is 0 Å². The monoisotopic (exact) mass is 227 g/mol. The first kappa shape index (κ1) is 10.6. The van der Waals surface area contributed by atoms with Gasteiger partial charge < -0.3 is 9.32 Å². The van der Waals surface area contributed by atoms with Gasteiger partial charge in [0.25, 0.3) is 5.91 Å². The molecule has 1 fully saturated rings. The Hall–Kier alpha value is -0.960. The van der Waals surface area contributed by atoms with Crippen molar-refractivity contribution in [3.63, 3.8) is 0 Å². The fourth-order valence-corrected chi connectivity index (χ4v) is 2.00. The molecule has 0 saturated carbocycles. The van der Waals surface area contributed by atoms with E-state index in [1.165, 1.54) is 0 Å². The van der Waals surface area contributed by atoms with E-state index in [4.69, 9.17) is 16.0 Å². The largest absolute Gasteiger partial charge is 0.456 e. The van der Waals surface area contributed by atoms with E-state index in [-0.39, 0.29) is 11.3 Å². The third-order valence-corrected chi connectivity index (χ3v) is 3.00. The molecular formula is C11H14ClNO2. The molecule has 1 saturated heterocycles. The summed E-state index contributed by atoms with van der Waals surface area (Å²) in [6.45, 7) is 3.36. The molecular weight excluding hydrogens is 214 g/mol. The lowest BCUT2D eigenvalue weighted by atomic mass is 10.3. The molecule has 1 unspecified atom stereocenters. The molecule has 0 spiro atoms. The van der Waals surface area contributed by atoms with E-state index in [2.05, 4.69) is 0 Å². The van der Waals surface area contributed by atoms with Gasteiger partial charge in [-0.3, -0.25) is 4.79 Å². The summed E-state index contributed by atoms with van der Waals surface area (Å²) in [6.07, 6.45) is 1.68. The number of furan rings is 1. The summed E-state index contributed by atoms with van der Waals surface area (Å²) < 4.78 is 5.41. The number of amides is 1. The molecule has 2 rings (SSSR count). The molecule has 82 valence electrons. The van der Waals surface area contributed by atoms with Gasteiger partial charge in [0.15, 0.2) is 5.76 Å². The summed E-state index contributed by atoms with van der Waals surface area (Å²) in [4.78, 5) is 13.6. The van der Waals surface area contributed by atoms with Crippen molar-refractivity contribution < 1.29 is 9.21 Å². The molecule has 1 aromatic rings. The van der Waals surface area contributed by atoms with Crippen LogP contribution in [0.5, 0.6) is 0 Å². The van der Waals surface area contributed by atoms with Crippen molar-refractivity contribution in [3.8, 4) is 0 Å². The quantitative estimate of drug-likeness (QED) is 0.727. The van der Waals surface area contributed by atoms with Crippen LogP contribution in [0.3, 0.4) is 0 Å². The smallest absolute Gasteiger partial charge is 0.289 e. The van der Waals surface area contributed by atoms with Gasteiger partial charge in [0.1, 0.15) is 5.76 Å². The first-order chi connectivity index (χ1) is 7.20. The Morgan fingerprint density at radius 3 is 3.00 bits per heavy atom. The van der Waals surface area contributed by atoms with Crippen LogP contribution in [0.2, 0.25) is 0 Å². The van der Waals surface area contributed by atoms with Crippen LogP contribution in [0.1, 0.15) is 29.7 Å². The first-order valence-corrected chi connectivity index (χ1v) is 5.66. The predicted octanol–water partition coefficient (Wildman–Crippen LogP) is 2.30. The number of nitrogens with zero attached hydrogens (tertiary/aromatic N) is 1. The molecule has 0 aliphatic carbocycles. The van der Waals surface area contributed by atoms with Gasteiger partial charge in [-0.1, -0.05) is 6.92 Å². The average molecular weight is 228 g/mol. The van der Waals surface area contributed by atoms with Crippen LogP contribution in [0.4, 0.5) is 0 Å². The molecule has 15 heavy (non-hydrogen) atoms. The van der Waals surface area contributed by atoms with Gasteiger partial charge in [-0.15, -0.1) is 11.6 Å². The molecule has 1 aliphatic heterocycles. The van der Waals surface area contributed by atoms with Crippen LogP contribution in [0.25, 0.3) is 0 Å². The standard InChI is InChI=1S/C11H14ClNO2/c1-2-9-3-4-10(15-9)11(14)13-6-5-8(12)7-13/h3-4,8H,2,5-7H2,1H3. The van der Waals surface area contributed by atoms with Crippen LogP contribution in [0.15, 0.2) is 16.5 Å². The number of hydrogen-bond donors (Lipinski definition) is 0. The highest BCUT2D eigenvalue weighted by molar-refractivity contribution is 6.21. The highest BCUT2D eigenvalue weighted by Crippen LogP contribution is 2.18. The third kappa shape index (κ3) is 2.17. The van der Waals surface area contributed by atoms with Crippen LogP contribution in [-0.2, 0) is 6.42 Å². The summed E-state index contributed by atoms with van der Waals surface area (Å²) in [5.41, 5.74) is 0. The Morgan fingerprint density at radius 1 is 1.67 bits per heavy atom. The van der Waals surface area contributed by atoms with E-state index >= 15 is 0 Å². The summed E-state index contributed by atoms with van der Waals surface area (Å²) >= 11 is 5.95. The Bertz CT molecular complexity index is 361. The summed E-state index contributed by atoms with van der Waals surface area (Å²) in [5, 5.41) is 0.0922. The summed E-state index contributed by atoms with van der Waals surface area (Å²) in [7, 11) is 0. The molecule has 4 heteroatoms. The molecule has 0 bridgehead atoms. The molecule has 0 radical (unpaired) electrons. The van der Waals surface area contributed by atoms with E-state index in [1.54, 1.807) is 11.0 Å². The van der Waals surface area contributed by atoms with Crippen LogP contribution < -0.4 is 0 Å². The minimum atomic E-state index is -0.0437. The Morgan fingerprint density at radius 2 is 2.47 bits per heavy atom. The maximum Gasteiger partial charge on any atom is 0.289 e. The fourth-order valence-electron chi connectivity index (χ4n) is 1.74. The van der Waals surface area contributed by atoms with E-state index < -0.39 is 0 Å². The number of carbonyl (C=O) groups excluding carboxylic acids is 1. The van der Waals surface area contributed by atoms with E-state index in [1.807, 2.05) is 13.0 Å². The molecule has 1 aliphatic rings. The predicted molar refractivity (Wildman–Crippen MR) is 58.2 cm³/mol. The molecule has 1 amide bonds. The van der Waals surface area contributed by atoms with Gasteiger partial charge >= 0.3 is 0 Å². The third-order valence-electron chi connectivity index (χ3n) is 2.64. The molecule has 2 heterocycles. The van der Waals surface area contributed by atoms with Gasteiger partial charge in [0.05, 0.1) is 5.38 Å². The van der Waals surface area contributed by atoms with Gasteiger partial charge in [-0.05, 0) is 18.6 Å². The SMILES string of the molecule is CCc1ccc(C(=O)N2CCC(Cl)C2)o1. The van der Waals surface area contributed by atoms with E-state index in [9.17, 15) is 4.79 Å². The topological polar surface area (TPSA) is 33.5 Å². The number of rotatable bonds is 2. The maximum absolute atomic E-state index is 11.9. The normalized spacial score (nSPS) is 20.9. The minimum absolute atomic E-state index is 0.0437. The number of alkyl halides is 1. The maximum atomic E-state index is 11.9. The lowest BCUT2D eigenvalue weighted by Gasteiger charge is -2.13. The van der Waals surface area contributed by atoms with Crippen molar-refractivity contribution in [2.75, 3.05) is 13.1 Å². The molecule has 1 atom stereocenters. The van der Waals surface area contributed by atoms with Gasteiger partial charge in [-0.2, -0.15) is 0 Å². The van der Waals surface area contributed by atoms with Crippen molar-refractivity contribution >= 4 is 17.5 Å². The zero-order valence-corrected chi connectivity index (χ0v) is 9.46. The van der Waals surface area contributed by atoms with Crippen molar-refractivity contribution in [2.24, 2.45) is 0 Å². The molecule has 1 aromatic heterocycles. The lowest BCUT2D eigenvalue weighted by Crippen LogP contribution is -2.28. The van der Waals surface area contributed by atoms with Crippen LogP contribution in [-0.4, -0.2) is 29.3 Å². The Balaban J connectivity index is 2.07. The molecule has 0 N–H and O–H groups in total. The average Bonchev–Trinajstić information content (AvgIpc) is 2.84. The van der Waals surface area contributed by atoms with Gasteiger partial charge in [0, 0.05) is 19.5 Å². The highest BCUT2D eigenvalue weighted by atomic mass is 35.5. The highest BCUT2D eigenvalue weighted by Gasteiger charge is 2.27. The molecule has 0 aromatic carbocycles. The Kier molecular flexibility index (Phi) is 3.00. The minimum Gasteiger partial charge on any atom is -0.456 e. The second-order valence-corrected chi connectivity index (χ2v) is 4.37. The lowest BCUT2D eigenvalue weighted by molar-refractivity contribution is 0.0760. The number of aryl methyl sites for hydroxylation is 1. The summed E-state index contributed by atoms with van der Waals surface area (Å²) in [5.74, 6) is 1.23. The first-order valence-electron chi connectivity index (χ1n) is 5.22. The van der Waals surface area contributed by atoms with Crippen molar-refractivity contribution in [2.45, 2.75) is 25.1 Å².